The number of likely N-dealkylation sites (N-methyl/N-ethyl adjacent to an activating group) is 1. The van der Waals surface area contributed by atoms with Crippen LogP contribution < -0.4 is 0 Å². The van der Waals surface area contributed by atoms with Gasteiger partial charge in [-0.05, 0) is 26.2 Å². The van der Waals surface area contributed by atoms with Gasteiger partial charge in [0.25, 0.3) is 0 Å². The molecular weight excluding hydrogens is 246 g/mol. The van der Waals surface area contributed by atoms with Gasteiger partial charge in [0.1, 0.15) is 0 Å². The number of aliphatic imine (C=N–C) groups is 1. The summed E-state index contributed by atoms with van der Waals surface area (Å²) in [6, 6.07) is 5.77. The van der Waals surface area contributed by atoms with Crippen LogP contribution in [-0.2, 0) is 4.79 Å². The Balaban J connectivity index is 2.32. The molecule has 0 aliphatic carbocycles. The van der Waals surface area contributed by atoms with Crippen LogP contribution in [0.1, 0.15) is 5.69 Å². The monoisotopic (exact) mass is 261 g/mol. The molecule has 0 saturated carbocycles. The van der Waals surface area contributed by atoms with Crippen molar-refractivity contribution in [1.29, 1.82) is 0 Å². The maximum Gasteiger partial charge on any atom is 0.158 e. The predicted octanol–water partition coefficient (Wildman–Crippen LogP) is 1.59. The molecule has 2 heterocycles. The van der Waals surface area contributed by atoms with E-state index >= 15 is 0 Å². The number of hydrogen-bond donors (Lipinski definition) is 0. The van der Waals surface area contributed by atoms with E-state index in [9.17, 15) is 4.79 Å². The van der Waals surface area contributed by atoms with Crippen molar-refractivity contribution in [3.8, 4) is 0 Å². The highest BCUT2D eigenvalue weighted by atomic mass is 32.2. The number of nitrogens with zero attached hydrogens (tertiary/aromatic N) is 3. The second kappa shape index (κ2) is 5.93. The number of allylic oxidation sites excluding steroid dienone is 1. The van der Waals surface area contributed by atoms with Crippen molar-refractivity contribution in [3.05, 3.63) is 40.7 Å². The number of carbonyl (C=O) groups is 1. The highest BCUT2D eigenvalue weighted by molar-refractivity contribution is 8.04. The zero-order valence-corrected chi connectivity index (χ0v) is 11.3. The van der Waals surface area contributed by atoms with Crippen molar-refractivity contribution in [1.82, 2.24) is 9.88 Å². The molecule has 0 spiro atoms. The lowest BCUT2D eigenvalue weighted by Crippen LogP contribution is -2.20. The lowest BCUT2D eigenvalue weighted by Gasteiger charge is -2.18. The Kier molecular flexibility index (Phi) is 4.28. The summed E-state index contributed by atoms with van der Waals surface area (Å²) >= 11 is 1.53. The van der Waals surface area contributed by atoms with Crippen LogP contribution in [0, 0.1) is 0 Å². The molecule has 0 radical (unpaired) electrons. The van der Waals surface area contributed by atoms with E-state index in [-0.39, 0.29) is 0 Å². The minimum absolute atomic E-state index is 0.664. The standard InChI is InChI=1S/C13H15N3OS/c1-16(2)7-11-13(8-17)18-9-12(15-11)10-5-3-4-6-14-10/h3-6,8H,7,9H2,1-2H3. The average molecular weight is 261 g/mol. The third-order valence-electron chi connectivity index (χ3n) is 2.45. The Labute approximate surface area is 111 Å². The van der Waals surface area contributed by atoms with Crippen LogP contribution in [0.3, 0.4) is 0 Å². The summed E-state index contributed by atoms with van der Waals surface area (Å²) in [5.41, 5.74) is 2.64. The van der Waals surface area contributed by atoms with Crippen LogP contribution in [-0.4, -0.2) is 48.3 Å². The number of rotatable bonds is 4. The fourth-order valence-electron chi connectivity index (χ4n) is 1.66. The summed E-state index contributed by atoms with van der Waals surface area (Å²) in [6.45, 7) is 0.664. The van der Waals surface area contributed by atoms with Crippen LogP contribution in [0.2, 0.25) is 0 Å². The first-order chi connectivity index (χ1) is 8.70. The van der Waals surface area contributed by atoms with Gasteiger partial charge in [-0.1, -0.05) is 6.07 Å². The maximum absolute atomic E-state index is 11.0. The van der Waals surface area contributed by atoms with E-state index in [4.69, 9.17) is 0 Å². The molecule has 0 unspecified atom stereocenters. The Hall–Kier alpha value is -1.46. The first kappa shape index (κ1) is 13.0. The molecular formula is C13H15N3OS. The molecule has 18 heavy (non-hydrogen) atoms. The molecule has 0 bridgehead atoms. The topological polar surface area (TPSA) is 45.6 Å². The number of pyridine rings is 1. The molecule has 1 aliphatic rings. The normalized spacial score (nSPS) is 15.8. The Bertz CT molecular complexity index is 494. The van der Waals surface area contributed by atoms with Crippen molar-refractivity contribution in [2.24, 2.45) is 4.99 Å². The second-order valence-corrected chi connectivity index (χ2v) is 5.25. The molecule has 0 N–H and O–H groups in total. The van der Waals surface area contributed by atoms with Crippen LogP contribution >= 0.6 is 11.8 Å². The van der Waals surface area contributed by atoms with Crippen molar-refractivity contribution >= 4 is 23.8 Å². The fourth-order valence-corrected chi connectivity index (χ4v) is 2.51. The molecule has 5 heteroatoms. The molecule has 0 atom stereocenters. The summed E-state index contributed by atoms with van der Waals surface area (Å²) in [6.07, 6.45) is 2.65. The van der Waals surface area contributed by atoms with E-state index in [0.717, 1.165) is 28.3 Å². The SMILES string of the molecule is CN(C)CC1=C(C=O)SCC(c2ccccn2)=N1. The van der Waals surface area contributed by atoms with Gasteiger partial charge in [0.15, 0.2) is 6.29 Å². The summed E-state index contributed by atoms with van der Waals surface area (Å²) in [4.78, 5) is 22.6. The molecule has 0 aromatic carbocycles. The van der Waals surface area contributed by atoms with Gasteiger partial charge in [-0.3, -0.25) is 14.8 Å². The second-order valence-electron chi connectivity index (χ2n) is 4.23. The van der Waals surface area contributed by atoms with Crippen LogP contribution in [0.5, 0.6) is 0 Å². The third-order valence-corrected chi connectivity index (χ3v) is 3.51. The van der Waals surface area contributed by atoms with Gasteiger partial charge in [0.2, 0.25) is 0 Å². The van der Waals surface area contributed by atoms with Crippen LogP contribution in [0.15, 0.2) is 40.0 Å². The molecule has 94 valence electrons. The first-order valence-electron chi connectivity index (χ1n) is 5.65. The number of thioether (sulfide) groups is 1. The van der Waals surface area contributed by atoms with Crippen molar-refractivity contribution in [2.45, 2.75) is 0 Å². The Morgan fingerprint density at radius 3 is 2.89 bits per heavy atom. The highest BCUT2D eigenvalue weighted by Crippen LogP contribution is 2.26. The zero-order chi connectivity index (χ0) is 13.0. The van der Waals surface area contributed by atoms with Gasteiger partial charge in [0, 0.05) is 18.5 Å². The van der Waals surface area contributed by atoms with E-state index in [1.54, 1.807) is 6.20 Å². The lowest BCUT2D eigenvalue weighted by atomic mass is 10.2. The van der Waals surface area contributed by atoms with Crippen LogP contribution in [0.25, 0.3) is 0 Å². The Morgan fingerprint density at radius 1 is 1.44 bits per heavy atom. The number of carbonyl (C=O) groups excluding carboxylic acids is 1. The number of aldehydes is 1. The Morgan fingerprint density at radius 2 is 2.28 bits per heavy atom. The molecule has 4 nitrogen and oxygen atoms in total. The summed E-state index contributed by atoms with van der Waals surface area (Å²) in [7, 11) is 3.93. The molecule has 1 aromatic rings. The van der Waals surface area contributed by atoms with E-state index < -0.39 is 0 Å². The van der Waals surface area contributed by atoms with E-state index in [1.165, 1.54) is 11.8 Å². The zero-order valence-electron chi connectivity index (χ0n) is 10.5. The van der Waals surface area contributed by atoms with Gasteiger partial charge in [-0.2, -0.15) is 0 Å². The number of aromatic nitrogens is 1. The van der Waals surface area contributed by atoms with Gasteiger partial charge in [-0.15, -0.1) is 11.8 Å². The van der Waals surface area contributed by atoms with Crippen molar-refractivity contribution in [2.75, 3.05) is 26.4 Å². The van der Waals surface area contributed by atoms with Gasteiger partial charge in [0.05, 0.1) is 22.0 Å². The first-order valence-corrected chi connectivity index (χ1v) is 6.64. The molecule has 0 amide bonds. The predicted molar refractivity (Wildman–Crippen MR) is 74.9 cm³/mol. The third kappa shape index (κ3) is 3.05. The van der Waals surface area contributed by atoms with Gasteiger partial charge >= 0.3 is 0 Å². The molecule has 2 rings (SSSR count). The quantitative estimate of drug-likeness (QED) is 0.772. The summed E-state index contributed by atoms with van der Waals surface area (Å²) in [5, 5.41) is 0. The molecule has 0 fully saturated rings. The van der Waals surface area contributed by atoms with E-state index in [1.807, 2.05) is 37.2 Å². The maximum atomic E-state index is 11.0. The van der Waals surface area contributed by atoms with E-state index in [2.05, 4.69) is 9.98 Å². The molecule has 1 aromatic heterocycles. The smallest absolute Gasteiger partial charge is 0.158 e. The summed E-state index contributed by atoms with van der Waals surface area (Å²) < 4.78 is 0. The minimum atomic E-state index is 0.664. The van der Waals surface area contributed by atoms with Crippen LogP contribution in [0.4, 0.5) is 0 Å². The average Bonchev–Trinajstić information content (AvgIpc) is 2.39. The lowest BCUT2D eigenvalue weighted by molar-refractivity contribution is -0.104. The minimum Gasteiger partial charge on any atom is -0.304 e. The fraction of sp³-hybridized carbons (Fsp3) is 0.308. The summed E-state index contributed by atoms with van der Waals surface area (Å²) in [5.74, 6) is 0.696. The molecule has 1 aliphatic heterocycles. The van der Waals surface area contributed by atoms with Gasteiger partial charge < -0.3 is 4.90 Å². The van der Waals surface area contributed by atoms with Crippen molar-refractivity contribution in [3.63, 3.8) is 0 Å². The van der Waals surface area contributed by atoms with E-state index in [0.29, 0.717) is 12.3 Å². The van der Waals surface area contributed by atoms with Crippen molar-refractivity contribution < 1.29 is 4.79 Å². The largest absolute Gasteiger partial charge is 0.304 e. The highest BCUT2D eigenvalue weighted by Gasteiger charge is 2.17. The number of hydrogen-bond acceptors (Lipinski definition) is 5. The van der Waals surface area contributed by atoms with Gasteiger partial charge in [-0.25, -0.2) is 0 Å². The molecule has 0 saturated heterocycles.